The van der Waals surface area contributed by atoms with Crippen LogP contribution in [0.2, 0.25) is 0 Å². The van der Waals surface area contributed by atoms with E-state index in [2.05, 4.69) is 0 Å². The number of carbonyl (C=O) groups excluding carboxylic acids is 1. The standard InChI is InChI=1S/C7H10O3/c1-5-3-7(2,4-8)10-6(5)9/h3,8H,4H2,1-2H3. The van der Waals surface area contributed by atoms with Gasteiger partial charge in [0.2, 0.25) is 0 Å². The molecule has 0 aromatic rings. The molecule has 0 aromatic heterocycles. The molecule has 1 unspecified atom stereocenters. The van der Waals surface area contributed by atoms with Gasteiger partial charge in [-0.3, -0.25) is 0 Å². The zero-order valence-corrected chi connectivity index (χ0v) is 6.05. The number of rotatable bonds is 1. The van der Waals surface area contributed by atoms with Gasteiger partial charge in [0.25, 0.3) is 0 Å². The van der Waals surface area contributed by atoms with E-state index in [1.165, 1.54) is 0 Å². The predicted molar refractivity (Wildman–Crippen MR) is 35.3 cm³/mol. The third-order valence-corrected chi connectivity index (χ3v) is 1.48. The van der Waals surface area contributed by atoms with Crippen LogP contribution in [0.3, 0.4) is 0 Å². The largest absolute Gasteiger partial charge is 0.449 e. The minimum Gasteiger partial charge on any atom is -0.449 e. The molecule has 1 atom stereocenters. The predicted octanol–water partition coefficient (Wildman–Crippen LogP) is 0.240. The number of hydrogen-bond acceptors (Lipinski definition) is 3. The summed E-state index contributed by atoms with van der Waals surface area (Å²) >= 11 is 0. The van der Waals surface area contributed by atoms with Crippen molar-refractivity contribution in [3.8, 4) is 0 Å². The fourth-order valence-electron chi connectivity index (χ4n) is 0.917. The molecule has 1 rings (SSSR count). The second-order valence-corrected chi connectivity index (χ2v) is 2.69. The molecule has 1 N–H and O–H groups in total. The fourth-order valence-corrected chi connectivity index (χ4v) is 0.917. The van der Waals surface area contributed by atoms with Crippen molar-refractivity contribution in [2.75, 3.05) is 6.61 Å². The lowest BCUT2D eigenvalue weighted by atomic mass is 10.1. The van der Waals surface area contributed by atoms with Crippen molar-refractivity contribution in [3.63, 3.8) is 0 Å². The van der Waals surface area contributed by atoms with Crippen LogP contribution in [0.1, 0.15) is 13.8 Å². The van der Waals surface area contributed by atoms with Gasteiger partial charge in [-0.2, -0.15) is 0 Å². The van der Waals surface area contributed by atoms with Crippen molar-refractivity contribution in [3.05, 3.63) is 11.6 Å². The van der Waals surface area contributed by atoms with Gasteiger partial charge in [-0.05, 0) is 19.9 Å². The summed E-state index contributed by atoms with van der Waals surface area (Å²) in [7, 11) is 0. The van der Waals surface area contributed by atoms with Gasteiger partial charge in [-0.15, -0.1) is 0 Å². The highest BCUT2D eigenvalue weighted by Gasteiger charge is 2.32. The molecular formula is C7H10O3. The Labute approximate surface area is 59.3 Å². The first-order valence-corrected chi connectivity index (χ1v) is 3.11. The number of hydrogen-bond donors (Lipinski definition) is 1. The van der Waals surface area contributed by atoms with Gasteiger partial charge >= 0.3 is 5.97 Å². The Kier molecular flexibility index (Phi) is 1.52. The molecule has 0 bridgehead atoms. The van der Waals surface area contributed by atoms with Crippen molar-refractivity contribution < 1.29 is 14.6 Å². The quantitative estimate of drug-likeness (QED) is 0.533. The van der Waals surface area contributed by atoms with Crippen LogP contribution in [0.4, 0.5) is 0 Å². The highest BCUT2D eigenvalue weighted by atomic mass is 16.6. The summed E-state index contributed by atoms with van der Waals surface area (Å²) in [6, 6.07) is 0. The van der Waals surface area contributed by atoms with Crippen LogP contribution < -0.4 is 0 Å². The highest BCUT2D eigenvalue weighted by Crippen LogP contribution is 2.22. The molecule has 0 amide bonds. The van der Waals surface area contributed by atoms with Gasteiger partial charge in [0.1, 0.15) is 0 Å². The second-order valence-electron chi connectivity index (χ2n) is 2.69. The van der Waals surface area contributed by atoms with Crippen LogP contribution in [-0.2, 0) is 9.53 Å². The van der Waals surface area contributed by atoms with Gasteiger partial charge in [0.15, 0.2) is 5.60 Å². The number of esters is 1. The smallest absolute Gasteiger partial charge is 0.334 e. The number of cyclic esters (lactones) is 1. The van der Waals surface area contributed by atoms with Crippen molar-refractivity contribution >= 4 is 5.97 Å². The lowest BCUT2D eigenvalue weighted by molar-refractivity contribution is -0.147. The molecule has 0 spiro atoms. The van der Waals surface area contributed by atoms with Crippen molar-refractivity contribution in [2.24, 2.45) is 0 Å². The Bertz CT molecular complexity index is 195. The monoisotopic (exact) mass is 142 g/mol. The van der Waals surface area contributed by atoms with E-state index in [0.29, 0.717) is 5.57 Å². The average molecular weight is 142 g/mol. The molecule has 1 aliphatic heterocycles. The van der Waals surface area contributed by atoms with Crippen LogP contribution in [0.15, 0.2) is 11.6 Å². The van der Waals surface area contributed by atoms with Crippen LogP contribution in [0.25, 0.3) is 0 Å². The first kappa shape index (κ1) is 7.28. The van der Waals surface area contributed by atoms with Crippen molar-refractivity contribution in [1.82, 2.24) is 0 Å². The van der Waals surface area contributed by atoms with Crippen LogP contribution in [-0.4, -0.2) is 23.3 Å². The summed E-state index contributed by atoms with van der Waals surface area (Å²) in [4.78, 5) is 10.7. The van der Waals surface area contributed by atoms with Crippen molar-refractivity contribution in [2.45, 2.75) is 19.4 Å². The topological polar surface area (TPSA) is 46.5 Å². The third kappa shape index (κ3) is 1.04. The third-order valence-electron chi connectivity index (χ3n) is 1.48. The number of aliphatic hydroxyl groups is 1. The Morgan fingerprint density at radius 3 is 2.60 bits per heavy atom. The molecule has 0 fully saturated rings. The fraction of sp³-hybridized carbons (Fsp3) is 0.571. The second kappa shape index (κ2) is 2.09. The van der Waals surface area contributed by atoms with Gasteiger partial charge < -0.3 is 9.84 Å². The summed E-state index contributed by atoms with van der Waals surface area (Å²) in [5.74, 6) is -0.337. The van der Waals surface area contributed by atoms with E-state index < -0.39 is 5.60 Å². The van der Waals surface area contributed by atoms with Gasteiger partial charge in [0, 0.05) is 5.57 Å². The van der Waals surface area contributed by atoms with Gasteiger partial charge in [-0.1, -0.05) is 0 Å². The van der Waals surface area contributed by atoms with E-state index in [1.807, 2.05) is 0 Å². The summed E-state index contributed by atoms with van der Waals surface area (Å²) in [6.07, 6.45) is 1.63. The lowest BCUT2D eigenvalue weighted by Gasteiger charge is -2.16. The molecule has 3 nitrogen and oxygen atoms in total. The number of ether oxygens (including phenoxy) is 1. The molecule has 1 heterocycles. The number of aliphatic hydroxyl groups excluding tert-OH is 1. The van der Waals surface area contributed by atoms with Crippen LogP contribution >= 0.6 is 0 Å². The normalized spacial score (nSPS) is 31.9. The molecule has 10 heavy (non-hydrogen) atoms. The van der Waals surface area contributed by atoms with Gasteiger partial charge in [-0.25, -0.2) is 4.79 Å². The summed E-state index contributed by atoms with van der Waals surface area (Å²) < 4.78 is 4.83. The maximum atomic E-state index is 10.7. The molecule has 0 aromatic carbocycles. The summed E-state index contributed by atoms with van der Waals surface area (Å²) in [6.45, 7) is 3.18. The average Bonchev–Trinajstić information content (AvgIpc) is 2.10. The molecule has 3 heteroatoms. The molecular weight excluding hydrogens is 132 g/mol. The Morgan fingerprint density at radius 1 is 1.80 bits per heavy atom. The maximum absolute atomic E-state index is 10.7. The molecule has 0 saturated carbocycles. The zero-order valence-electron chi connectivity index (χ0n) is 6.05. The minimum absolute atomic E-state index is 0.157. The lowest BCUT2D eigenvalue weighted by Crippen LogP contribution is -2.28. The minimum atomic E-state index is -0.777. The molecule has 0 saturated heterocycles. The van der Waals surface area contributed by atoms with Crippen LogP contribution in [0.5, 0.6) is 0 Å². The molecule has 0 radical (unpaired) electrons. The van der Waals surface area contributed by atoms with E-state index >= 15 is 0 Å². The Hall–Kier alpha value is -0.830. The first-order valence-electron chi connectivity index (χ1n) is 3.11. The zero-order chi connectivity index (χ0) is 7.78. The SMILES string of the molecule is CC1=CC(C)(CO)OC1=O. The first-order chi connectivity index (χ1) is 4.57. The summed E-state index contributed by atoms with van der Waals surface area (Å²) in [5.41, 5.74) is -0.210. The van der Waals surface area contributed by atoms with E-state index in [4.69, 9.17) is 9.84 Å². The number of carbonyl (C=O) groups is 1. The molecule has 1 aliphatic rings. The maximum Gasteiger partial charge on any atom is 0.334 e. The molecule has 0 aliphatic carbocycles. The van der Waals surface area contributed by atoms with Crippen molar-refractivity contribution in [1.29, 1.82) is 0 Å². The van der Waals surface area contributed by atoms with Crippen LogP contribution in [0, 0.1) is 0 Å². The van der Waals surface area contributed by atoms with E-state index in [9.17, 15) is 4.79 Å². The van der Waals surface area contributed by atoms with Gasteiger partial charge in [0.05, 0.1) is 6.61 Å². The van der Waals surface area contributed by atoms with E-state index in [-0.39, 0.29) is 12.6 Å². The molecule has 56 valence electrons. The van der Waals surface area contributed by atoms with E-state index in [1.54, 1.807) is 19.9 Å². The summed E-state index contributed by atoms with van der Waals surface area (Å²) in [5, 5.41) is 8.74. The highest BCUT2D eigenvalue weighted by molar-refractivity contribution is 5.90. The van der Waals surface area contributed by atoms with E-state index in [0.717, 1.165) is 0 Å². The Balaban J connectivity index is 2.82. The Morgan fingerprint density at radius 2 is 2.40 bits per heavy atom.